The van der Waals surface area contributed by atoms with Crippen molar-refractivity contribution in [3.05, 3.63) is 30.3 Å². The van der Waals surface area contributed by atoms with E-state index in [2.05, 4.69) is 30.4 Å². The Bertz CT molecular complexity index is 345. The van der Waals surface area contributed by atoms with E-state index in [1.807, 2.05) is 30.3 Å². The van der Waals surface area contributed by atoms with Crippen LogP contribution in [0.5, 0.6) is 0 Å². The number of rotatable bonds is 3. The van der Waals surface area contributed by atoms with E-state index in [0.29, 0.717) is 5.92 Å². The number of anilines is 1. The van der Waals surface area contributed by atoms with E-state index in [1.54, 1.807) is 0 Å². The van der Waals surface area contributed by atoms with Crippen LogP contribution in [0.1, 0.15) is 26.2 Å². The molecular formula is C14H20N2. The average Bonchev–Trinajstić information content (AvgIpc) is 2.73. The Morgan fingerprint density at radius 1 is 1.25 bits per heavy atom. The summed E-state index contributed by atoms with van der Waals surface area (Å²) in [6.07, 6.45) is 6.14. The zero-order chi connectivity index (χ0) is 11.4. The van der Waals surface area contributed by atoms with Crippen LogP contribution < -0.4 is 5.01 Å². The van der Waals surface area contributed by atoms with E-state index in [1.165, 1.54) is 19.3 Å². The highest BCUT2D eigenvalue weighted by Gasteiger charge is 2.21. The molecular weight excluding hydrogens is 196 g/mol. The minimum absolute atomic E-state index is 0.672. The highest BCUT2D eigenvalue weighted by atomic mass is 15.4. The fraction of sp³-hybridized carbons (Fsp3) is 0.500. The van der Waals surface area contributed by atoms with Gasteiger partial charge in [-0.3, -0.25) is 5.01 Å². The van der Waals surface area contributed by atoms with Crippen LogP contribution >= 0.6 is 0 Å². The predicted octanol–water partition coefficient (Wildman–Crippen LogP) is 3.54. The van der Waals surface area contributed by atoms with Crippen LogP contribution in [-0.2, 0) is 0 Å². The van der Waals surface area contributed by atoms with Crippen LogP contribution in [0, 0.1) is 11.8 Å². The van der Waals surface area contributed by atoms with Crippen molar-refractivity contribution < 1.29 is 0 Å². The zero-order valence-electron chi connectivity index (χ0n) is 10.1. The molecule has 2 nitrogen and oxygen atoms in total. The second-order valence-electron chi connectivity index (χ2n) is 4.70. The molecule has 1 aromatic rings. The molecule has 16 heavy (non-hydrogen) atoms. The Labute approximate surface area is 98.0 Å². The molecule has 0 radical (unpaired) electrons. The Morgan fingerprint density at radius 2 is 2.00 bits per heavy atom. The standard InChI is InChI=1S/C14H20N2/c1-12-7-6-8-13(12)11-15-16(2)14-9-4-3-5-10-14/h3-5,9-13H,6-8H2,1-2H3/b15-11+. The van der Waals surface area contributed by atoms with Crippen LogP contribution in [0.2, 0.25) is 0 Å². The number of nitrogens with zero attached hydrogens (tertiary/aromatic N) is 2. The third kappa shape index (κ3) is 2.63. The summed E-state index contributed by atoms with van der Waals surface area (Å²) in [6, 6.07) is 10.3. The third-order valence-corrected chi connectivity index (χ3v) is 3.49. The second kappa shape index (κ2) is 5.15. The first kappa shape index (κ1) is 11.2. The molecule has 1 aliphatic rings. The maximum Gasteiger partial charge on any atom is 0.0590 e. The molecule has 0 saturated heterocycles. The van der Waals surface area contributed by atoms with Gasteiger partial charge in [-0.15, -0.1) is 0 Å². The lowest BCUT2D eigenvalue weighted by molar-refractivity contribution is 0.537. The molecule has 1 saturated carbocycles. The first-order chi connectivity index (χ1) is 7.77. The van der Waals surface area contributed by atoms with Gasteiger partial charge < -0.3 is 0 Å². The summed E-state index contributed by atoms with van der Waals surface area (Å²) in [5, 5.41) is 6.48. The fourth-order valence-electron chi connectivity index (χ4n) is 2.29. The van der Waals surface area contributed by atoms with Crippen LogP contribution in [0.4, 0.5) is 5.69 Å². The minimum atomic E-state index is 0.672. The molecule has 0 spiro atoms. The largest absolute Gasteiger partial charge is 0.269 e. The summed E-state index contributed by atoms with van der Waals surface area (Å²) in [7, 11) is 2.01. The van der Waals surface area contributed by atoms with Crippen LogP contribution in [0.25, 0.3) is 0 Å². The lowest BCUT2D eigenvalue weighted by atomic mass is 10.00. The topological polar surface area (TPSA) is 15.6 Å². The van der Waals surface area contributed by atoms with E-state index in [9.17, 15) is 0 Å². The van der Waals surface area contributed by atoms with Crippen molar-refractivity contribution in [2.45, 2.75) is 26.2 Å². The summed E-state index contributed by atoms with van der Waals surface area (Å²) in [6.45, 7) is 2.33. The summed E-state index contributed by atoms with van der Waals surface area (Å²) >= 11 is 0. The van der Waals surface area contributed by atoms with Gasteiger partial charge in [0, 0.05) is 13.3 Å². The Morgan fingerprint density at radius 3 is 2.62 bits per heavy atom. The highest BCUT2D eigenvalue weighted by Crippen LogP contribution is 2.29. The van der Waals surface area contributed by atoms with Crippen LogP contribution in [0.15, 0.2) is 35.4 Å². The number of hydrogen-bond donors (Lipinski definition) is 0. The first-order valence-corrected chi connectivity index (χ1v) is 6.10. The Balaban J connectivity index is 1.96. The van der Waals surface area contributed by atoms with Crippen molar-refractivity contribution in [3.8, 4) is 0 Å². The van der Waals surface area contributed by atoms with Gasteiger partial charge >= 0.3 is 0 Å². The first-order valence-electron chi connectivity index (χ1n) is 6.10. The molecule has 86 valence electrons. The molecule has 1 fully saturated rings. The van der Waals surface area contributed by atoms with Crippen molar-refractivity contribution in [2.75, 3.05) is 12.1 Å². The maximum absolute atomic E-state index is 4.54. The van der Waals surface area contributed by atoms with E-state index in [-0.39, 0.29) is 0 Å². The average molecular weight is 216 g/mol. The predicted molar refractivity (Wildman–Crippen MR) is 69.8 cm³/mol. The van der Waals surface area contributed by atoms with Crippen LogP contribution in [0.3, 0.4) is 0 Å². The van der Waals surface area contributed by atoms with Crippen molar-refractivity contribution in [3.63, 3.8) is 0 Å². The summed E-state index contributed by atoms with van der Waals surface area (Å²) in [5.41, 5.74) is 1.14. The molecule has 2 heteroatoms. The molecule has 0 aromatic heterocycles. The van der Waals surface area contributed by atoms with E-state index in [0.717, 1.165) is 11.6 Å². The van der Waals surface area contributed by atoms with Crippen molar-refractivity contribution in [1.82, 2.24) is 0 Å². The summed E-state index contributed by atoms with van der Waals surface area (Å²) in [4.78, 5) is 0. The normalized spacial score (nSPS) is 25.1. The lowest BCUT2D eigenvalue weighted by Gasteiger charge is -2.15. The Kier molecular flexibility index (Phi) is 3.60. The molecule has 2 unspecified atom stereocenters. The van der Waals surface area contributed by atoms with Crippen molar-refractivity contribution in [1.29, 1.82) is 0 Å². The minimum Gasteiger partial charge on any atom is -0.269 e. The smallest absolute Gasteiger partial charge is 0.0590 e. The highest BCUT2D eigenvalue weighted by molar-refractivity contribution is 5.63. The Hall–Kier alpha value is -1.31. The molecule has 0 N–H and O–H groups in total. The number of benzene rings is 1. The van der Waals surface area contributed by atoms with Gasteiger partial charge in [0.05, 0.1) is 5.69 Å². The van der Waals surface area contributed by atoms with Gasteiger partial charge in [-0.1, -0.05) is 38.0 Å². The molecule has 0 bridgehead atoms. The molecule has 1 aromatic carbocycles. The number of hydrogen-bond acceptors (Lipinski definition) is 2. The van der Waals surface area contributed by atoms with E-state index in [4.69, 9.17) is 0 Å². The van der Waals surface area contributed by atoms with E-state index < -0.39 is 0 Å². The molecule has 2 atom stereocenters. The van der Waals surface area contributed by atoms with Gasteiger partial charge in [0.1, 0.15) is 0 Å². The van der Waals surface area contributed by atoms with Gasteiger partial charge in [0.2, 0.25) is 0 Å². The maximum atomic E-state index is 4.54. The van der Waals surface area contributed by atoms with Gasteiger partial charge in [-0.25, -0.2) is 0 Å². The fourth-order valence-corrected chi connectivity index (χ4v) is 2.29. The van der Waals surface area contributed by atoms with Gasteiger partial charge in [0.25, 0.3) is 0 Å². The summed E-state index contributed by atoms with van der Waals surface area (Å²) < 4.78 is 0. The van der Waals surface area contributed by atoms with Gasteiger partial charge in [0.15, 0.2) is 0 Å². The molecule has 0 amide bonds. The second-order valence-corrected chi connectivity index (χ2v) is 4.70. The molecule has 0 heterocycles. The van der Waals surface area contributed by atoms with Gasteiger partial charge in [-0.2, -0.15) is 5.10 Å². The van der Waals surface area contributed by atoms with Gasteiger partial charge in [-0.05, 0) is 30.4 Å². The molecule has 0 aliphatic heterocycles. The van der Waals surface area contributed by atoms with Crippen molar-refractivity contribution >= 4 is 11.9 Å². The third-order valence-electron chi connectivity index (χ3n) is 3.49. The van der Waals surface area contributed by atoms with Crippen molar-refractivity contribution in [2.24, 2.45) is 16.9 Å². The lowest BCUT2D eigenvalue weighted by Crippen LogP contribution is -2.12. The quantitative estimate of drug-likeness (QED) is 0.557. The van der Waals surface area contributed by atoms with E-state index >= 15 is 0 Å². The SMILES string of the molecule is CC1CCCC1/C=N/N(C)c1ccccc1. The monoisotopic (exact) mass is 216 g/mol. The number of para-hydroxylation sites is 1. The zero-order valence-corrected chi connectivity index (χ0v) is 10.1. The molecule has 2 rings (SSSR count). The summed E-state index contributed by atoms with van der Waals surface area (Å²) in [5.74, 6) is 1.47. The molecule has 1 aliphatic carbocycles. The number of hydrazone groups is 1. The van der Waals surface area contributed by atoms with Crippen LogP contribution in [-0.4, -0.2) is 13.3 Å².